The Kier molecular flexibility index (Phi) is 6.43. The molecule has 0 aromatic heterocycles. The largest absolute Gasteiger partial charge is 0.372 e. The highest BCUT2D eigenvalue weighted by atomic mass is 32.2. The van der Waals surface area contributed by atoms with Crippen molar-refractivity contribution in [1.82, 2.24) is 4.90 Å². The van der Waals surface area contributed by atoms with E-state index in [9.17, 15) is 4.79 Å². The molecule has 156 valence electrons. The molecule has 1 fully saturated rings. The molecule has 0 N–H and O–H groups in total. The molecule has 2 aliphatic rings. The van der Waals surface area contributed by atoms with Crippen LogP contribution in [0.25, 0.3) is 6.08 Å². The molecule has 2 aromatic rings. The van der Waals surface area contributed by atoms with Crippen LogP contribution >= 0.6 is 11.8 Å². The quantitative estimate of drug-likeness (QED) is 0.674. The zero-order valence-electron chi connectivity index (χ0n) is 17.6. The molecule has 30 heavy (non-hydrogen) atoms. The number of para-hydroxylation sites is 1. The first-order chi connectivity index (χ1) is 14.7. The van der Waals surface area contributed by atoms with Crippen LogP contribution in [0.2, 0.25) is 0 Å². The lowest BCUT2D eigenvalue weighted by atomic mass is 10.2. The number of rotatable bonds is 5. The van der Waals surface area contributed by atoms with Crippen LogP contribution in [-0.2, 0) is 4.79 Å². The van der Waals surface area contributed by atoms with E-state index in [1.165, 1.54) is 23.1 Å². The topological polar surface area (TPSA) is 39.1 Å². The highest BCUT2D eigenvalue weighted by Crippen LogP contribution is 2.31. The third-order valence-electron chi connectivity index (χ3n) is 5.60. The van der Waals surface area contributed by atoms with Crippen molar-refractivity contribution in [2.45, 2.75) is 13.8 Å². The number of nitrogens with zero attached hydrogens (tertiary/aromatic N) is 4. The van der Waals surface area contributed by atoms with Gasteiger partial charge in [0.15, 0.2) is 5.17 Å². The fourth-order valence-electron chi connectivity index (χ4n) is 3.85. The van der Waals surface area contributed by atoms with Crippen LogP contribution in [0.15, 0.2) is 64.5 Å². The van der Waals surface area contributed by atoms with Crippen LogP contribution in [0.4, 0.5) is 11.4 Å². The summed E-state index contributed by atoms with van der Waals surface area (Å²) in [6.45, 7) is 9.91. The van der Waals surface area contributed by atoms with Crippen molar-refractivity contribution in [2.24, 2.45) is 4.99 Å². The molecule has 0 spiro atoms. The summed E-state index contributed by atoms with van der Waals surface area (Å²) in [7, 11) is 0. The molecule has 2 aliphatic heterocycles. The fraction of sp³-hybridized carbons (Fsp3) is 0.333. The minimum Gasteiger partial charge on any atom is -0.372 e. The number of piperazine rings is 1. The molecule has 5 nitrogen and oxygen atoms in total. The number of carbonyl (C=O) groups is 1. The van der Waals surface area contributed by atoms with Crippen molar-refractivity contribution in [3.8, 4) is 0 Å². The highest BCUT2D eigenvalue weighted by Gasteiger charge is 2.28. The van der Waals surface area contributed by atoms with Gasteiger partial charge in [-0.15, -0.1) is 0 Å². The van der Waals surface area contributed by atoms with Gasteiger partial charge in [0.2, 0.25) is 0 Å². The summed E-state index contributed by atoms with van der Waals surface area (Å²) in [4.78, 5) is 24.4. The summed E-state index contributed by atoms with van der Waals surface area (Å²) in [5, 5.41) is 0.832. The number of hydrogen-bond donors (Lipinski definition) is 0. The molecule has 4 rings (SSSR count). The average Bonchev–Trinajstić information content (AvgIpc) is 3.16. The second kappa shape index (κ2) is 9.39. The Morgan fingerprint density at radius 2 is 1.57 bits per heavy atom. The second-order valence-electron chi connectivity index (χ2n) is 7.38. The van der Waals surface area contributed by atoms with Crippen LogP contribution in [0.5, 0.6) is 0 Å². The number of aliphatic imine (C=N–C) groups is 1. The summed E-state index contributed by atoms with van der Waals surface area (Å²) >= 11 is 1.50. The molecule has 0 bridgehead atoms. The van der Waals surface area contributed by atoms with Gasteiger partial charge < -0.3 is 14.7 Å². The van der Waals surface area contributed by atoms with Gasteiger partial charge in [-0.2, -0.15) is 4.99 Å². The van der Waals surface area contributed by atoms with Crippen LogP contribution in [-0.4, -0.2) is 55.2 Å². The van der Waals surface area contributed by atoms with E-state index in [2.05, 4.69) is 82.1 Å². The van der Waals surface area contributed by atoms with Crippen LogP contribution in [0, 0.1) is 0 Å². The van der Waals surface area contributed by atoms with Crippen LogP contribution < -0.4 is 9.80 Å². The van der Waals surface area contributed by atoms with Gasteiger partial charge in [-0.25, -0.2) is 0 Å². The molecule has 0 atom stereocenters. The number of benzene rings is 2. The van der Waals surface area contributed by atoms with Crippen molar-refractivity contribution in [3.05, 3.63) is 65.1 Å². The van der Waals surface area contributed by atoms with Gasteiger partial charge in [0.1, 0.15) is 0 Å². The maximum atomic E-state index is 12.5. The molecule has 1 amide bonds. The SMILES string of the molecule is CCN(CC)c1ccc(C=C2SC(N3CCN(c4ccccc4)CC3)=NC2=O)cc1. The fourth-order valence-corrected chi connectivity index (χ4v) is 4.81. The lowest BCUT2D eigenvalue weighted by molar-refractivity contribution is -0.113. The van der Waals surface area contributed by atoms with E-state index in [1.807, 2.05) is 12.1 Å². The molecule has 0 aliphatic carbocycles. The third kappa shape index (κ3) is 4.54. The van der Waals surface area contributed by atoms with E-state index in [1.54, 1.807) is 0 Å². The normalized spacial score (nSPS) is 18.1. The summed E-state index contributed by atoms with van der Waals surface area (Å²) in [6.07, 6.45) is 1.95. The van der Waals surface area contributed by atoms with Gasteiger partial charge in [-0.05, 0) is 61.5 Å². The van der Waals surface area contributed by atoms with E-state index in [0.717, 1.165) is 50.0 Å². The smallest absolute Gasteiger partial charge is 0.286 e. The Hall–Kier alpha value is -2.73. The Morgan fingerprint density at radius 3 is 2.20 bits per heavy atom. The summed E-state index contributed by atoms with van der Waals surface area (Å²) in [5.74, 6) is -0.131. The van der Waals surface area contributed by atoms with E-state index in [4.69, 9.17) is 0 Å². The zero-order valence-corrected chi connectivity index (χ0v) is 18.4. The summed E-state index contributed by atoms with van der Waals surface area (Å²) in [5.41, 5.74) is 3.50. The van der Waals surface area contributed by atoms with Gasteiger partial charge in [-0.3, -0.25) is 4.79 Å². The van der Waals surface area contributed by atoms with Gasteiger partial charge in [0, 0.05) is 50.6 Å². The van der Waals surface area contributed by atoms with Gasteiger partial charge in [0.25, 0.3) is 5.91 Å². The minimum absolute atomic E-state index is 0.131. The Bertz CT molecular complexity index is 927. The molecule has 6 heteroatoms. The van der Waals surface area contributed by atoms with Crippen LogP contribution in [0.3, 0.4) is 0 Å². The molecule has 1 saturated heterocycles. The Balaban J connectivity index is 1.37. The first kappa shape index (κ1) is 20.5. The van der Waals surface area contributed by atoms with Gasteiger partial charge >= 0.3 is 0 Å². The number of amides is 1. The molecular weight excluding hydrogens is 392 g/mol. The van der Waals surface area contributed by atoms with Crippen LogP contribution in [0.1, 0.15) is 19.4 Å². The highest BCUT2D eigenvalue weighted by molar-refractivity contribution is 8.18. The number of thioether (sulfide) groups is 1. The molecule has 0 saturated carbocycles. The van der Waals surface area contributed by atoms with E-state index in [-0.39, 0.29) is 5.91 Å². The second-order valence-corrected chi connectivity index (χ2v) is 8.39. The summed E-state index contributed by atoms with van der Waals surface area (Å²) in [6, 6.07) is 18.9. The lowest BCUT2D eigenvalue weighted by Crippen LogP contribution is -2.47. The van der Waals surface area contributed by atoms with E-state index >= 15 is 0 Å². The standard InChI is InChI=1S/C24H28N4OS/c1-3-26(4-2)21-12-10-19(11-13-21)18-22-23(29)25-24(30-22)28-16-14-27(15-17-28)20-8-6-5-7-9-20/h5-13,18H,3-4,14-17H2,1-2H3. The predicted octanol–water partition coefficient (Wildman–Crippen LogP) is 4.33. The molecule has 2 aromatic carbocycles. The Morgan fingerprint density at radius 1 is 0.933 bits per heavy atom. The molecule has 0 radical (unpaired) electrons. The molecule has 0 unspecified atom stereocenters. The van der Waals surface area contributed by atoms with Gasteiger partial charge in [-0.1, -0.05) is 30.3 Å². The van der Waals surface area contributed by atoms with E-state index in [0.29, 0.717) is 4.91 Å². The van der Waals surface area contributed by atoms with Crippen molar-refractivity contribution in [1.29, 1.82) is 0 Å². The number of carbonyl (C=O) groups excluding carboxylic acids is 1. The lowest BCUT2D eigenvalue weighted by Gasteiger charge is -2.36. The van der Waals surface area contributed by atoms with Crippen molar-refractivity contribution < 1.29 is 4.79 Å². The monoisotopic (exact) mass is 420 g/mol. The number of anilines is 2. The maximum Gasteiger partial charge on any atom is 0.286 e. The van der Waals surface area contributed by atoms with Gasteiger partial charge in [0.05, 0.1) is 4.91 Å². The predicted molar refractivity (Wildman–Crippen MR) is 128 cm³/mol. The summed E-state index contributed by atoms with van der Waals surface area (Å²) < 4.78 is 0. The third-order valence-corrected chi connectivity index (χ3v) is 6.64. The average molecular weight is 421 g/mol. The molecule has 2 heterocycles. The van der Waals surface area contributed by atoms with Crippen molar-refractivity contribution in [3.63, 3.8) is 0 Å². The first-order valence-electron chi connectivity index (χ1n) is 10.6. The minimum atomic E-state index is -0.131. The maximum absolute atomic E-state index is 12.5. The first-order valence-corrected chi connectivity index (χ1v) is 11.4. The number of hydrogen-bond acceptors (Lipinski definition) is 5. The van der Waals surface area contributed by atoms with E-state index < -0.39 is 0 Å². The Labute approximate surface area is 183 Å². The van der Waals surface area contributed by atoms with Crippen molar-refractivity contribution >= 4 is 40.3 Å². The van der Waals surface area contributed by atoms with Crippen molar-refractivity contribution in [2.75, 3.05) is 49.1 Å². The zero-order chi connectivity index (χ0) is 20.9. The number of amidine groups is 1. The molecular formula is C24H28N4OS.